The molecule has 0 radical (unpaired) electrons. The average molecular weight is 244 g/mol. The van der Waals surface area contributed by atoms with Crippen LogP contribution in [-0.2, 0) is 11.2 Å². The van der Waals surface area contributed by atoms with E-state index in [1.807, 2.05) is 12.1 Å². The Morgan fingerprint density at radius 1 is 1.56 bits per heavy atom. The fraction of sp³-hybridized carbons (Fsp3) is 0.385. The van der Waals surface area contributed by atoms with Crippen molar-refractivity contribution in [3.8, 4) is 6.07 Å². The molecule has 5 heteroatoms. The maximum absolute atomic E-state index is 11.1. The molecule has 1 amide bonds. The first-order chi connectivity index (χ1) is 8.61. The minimum Gasteiger partial charge on any atom is -0.398 e. The van der Waals surface area contributed by atoms with Crippen LogP contribution in [0.15, 0.2) is 18.2 Å². The first-order valence-electron chi connectivity index (χ1n) is 5.91. The summed E-state index contributed by atoms with van der Waals surface area (Å²) in [6.45, 7) is 1.45. The third-order valence-corrected chi connectivity index (χ3v) is 3.35. The fourth-order valence-electron chi connectivity index (χ4n) is 2.25. The van der Waals surface area contributed by atoms with E-state index in [-0.39, 0.29) is 11.8 Å². The number of rotatable bonds is 3. The Bertz CT molecular complexity index is 506. The molecule has 18 heavy (non-hydrogen) atoms. The number of nitrogen functional groups attached to an aromatic ring is 1. The maximum atomic E-state index is 11.1. The van der Waals surface area contributed by atoms with Crippen molar-refractivity contribution >= 4 is 17.3 Å². The van der Waals surface area contributed by atoms with Gasteiger partial charge in [-0.3, -0.25) is 4.79 Å². The van der Waals surface area contributed by atoms with E-state index in [0.29, 0.717) is 18.7 Å². The number of benzene rings is 1. The highest BCUT2D eigenvalue weighted by molar-refractivity contribution is 5.78. The molecule has 4 N–H and O–H groups in total. The van der Waals surface area contributed by atoms with Crippen molar-refractivity contribution in [2.75, 3.05) is 23.7 Å². The summed E-state index contributed by atoms with van der Waals surface area (Å²) < 4.78 is 0. The highest BCUT2D eigenvalue weighted by Crippen LogP contribution is 2.26. The lowest BCUT2D eigenvalue weighted by Crippen LogP contribution is -2.27. The van der Waals surface area contributed by atoms with Crippen molar-refractivity contribution in [3.05, 3.63) is 23.8 Å². The summed E-state index contributed by atoms with van der Waals surface area (Å²) in [5.41, 5.74) is 13.6. The zero-order valence-electron chi connectivity index (χ0n) is 10.1. The number of nitrogens with two attached hydrogens (primary N) is 2. The number of nitrogens with zero attached hydrogens (tertiary/aromatic N) is 2. The Morgan fingerprint density at radius 2 is 2.33 bits per heavy atom. The average Bonchev–Trinajstić information content (AvgIpc) is 2.82. The summed E-state index contributed by atoms with van der Waals surface area (Å²) in [4.78, 5) is 13.2. The van der Waals surface area contributed by atoms with E-state index < -0.39 is 0 Å². The van der Waals surface area contributed by atoms with E-state index in [9.17, 15) is 4.79 Å². The van der Waals surface area contributed by atoms with E-state index >= 15 is 0 Å². The van der Waals surface area contributed by atoms with Gasteiger partial charge < -0.3 is 16.4 Å². The normalized spacial score (nSPS) is 18.6. The lowest BCUT2D eigenvalue weighted by atomic mass is 10.1. The topological polar surface area (TPSA) is 96.1 Å². The number of carbonyl (C=O) groups is 1. The number of anilines is 2. The minimum atomic E-state index is -0.245. The number of hydrogen-bond acceptors (Lipinski definition) is 4. The molecule has 1 aliphatic heterocycles. The van der Waals surface area contributed by atoms with Crippen LogP contribution in [0.5, 0.6) is 0 Å². The molecule has 5 nitrogen and oxygen atoms in total. The summed E-state index contributed by atoms with van der Waals surface area (Å²) in [5.74, 6) is -0.327. The highest BCUT2D eigenvalue weighted by Gasteiger charge is 2.26. The second-order valence-corrected chi connectivity index (χ2v) is 4.55. The predicted molar refractivity (Wildman–Crippen MR) is 69.7 cm³/mol. The summed E-state index contributed by atoms with van der Waals surface area (Å²) >= 11 is 0. The second kappa shape index (κ2) is 4.96. The van der Waals surface area contributed by atoms with E-state index in [4.69, 9.17) is 16.7 Å². The highest BCUT2D eigenvalue weighted by atomic mass is 16.1. The molecule has 1 heterocycles. The minimum absolute atomic E-state index is 0.0815. The number of primary amides is 1. The molecule has 0 aromatic heterocycles. The largest absolute Gasteiger partial charge is 0.398 e. The summed E-state index contributed by atoms with van der Waals surface area (Å²) in [6.07, 6.45) is 1.08. The van der Waals surface area contributed by atoms with Gasteiger partial charge in [-0.25, -0.2) is 0 Å². The molecule has 1 unspecified atom stereocenters. The van der Waals surface area contributed by atoms with Crippen LogP contribution in [0.25, 0.3) is 0 Å². The van der Waals surface area contributed by atoms with Crippen LogP contribution in [0.3, 0.4) is 0 Å². The van der Waals surface area contributed by atoms with Crippen molar-refractivity contribution in [3.63, 3.8) is 0 Å². The summed E-state index contributed by atoms with van der Waals surface area (Å²) in [7, 11) is 0. The van der Waals surface area contributed by atoms with Gasteiger partial charge >= 0.3 is 0 Å². The fourth-order valence-corrected chi connectivity index (χ4v) is 2.25. The molecule has 1 fully saturated rings. The third kappa shape index (κ3) is 2.38. The molecule has 1 aliphatic rings. The lowest BCUT2D eigenvalue weighted by Gasteiger charge is -2.19. The Hall–Kier alpha value is -2.22. The van der Waals surface area contributed by atoms with Crippen LogP contribution in [0.1, 0.15) is 12.0 Å². The van der Waals surface area contributed by atoms with E-state index in [1.54, 1.807) is 6.07 Å². The van der Waals surface area contributed by atoms with Crippen molar-refractivity contribution in [1.82, 2.24) is 0 Å². The Kier molecular flexibility index (Phi) is 3.38. The van der Waals surface area contributed by atoms with Crippen LogP contribution in [0.4, 0.5) is 11.4 Å². The van der Waals surface area contributed by atoms with Crippen LogP contribution in [0, 0.1) is 17.2 Å². The van der Waals surface area contributed by atoms with E-state index in [1.165, 1.54) is 0 Å². The molecular weight excluding hydrogens is 228 g/mol. The van der Waals surface area contributed by atoms with Gasteiger partial charge in [0.1, 0.15) is 0 Å². The zero-order valence-corrected chi connectivity index (χ0v) is 10.1. The van der Waals surface area contributed by atoms with Crippen molar-refractivity contribution in [2.24, 2.45) is 11.7 Å². The molecule has 94 valence electrons. The van der Waals surface area contributed by atoms with Gasteiger partial charge in [0.2, 0.25) is 5.91 Å². The van der Waals surface area contributed by atoms with Crippen LogP contribution in [-0.4, -0.2) is 19.0 Å². The van der Waals surface area contributed by atoms with Gasteiger partial charge in [-0.1, -0.05) is 0 Å². The summed E-state index contributed by atoms with van der Waals surface area (Å²) in [6, 6.07) is 7.74. The van der Waals surface area contributed by atoms with Crippen LogP contribution in [0.2, 0.25) is 0 Å². The summed E-state index contributed by atoms with van der Waals surface area (Å²) in [5, 5.41) is 8.73. The molecule has 0 aliphatic carbocycles. The first-order valence-corrected chi connectivity index (χ1v) is 5.91. The SMILES string of the molecule is N#CCc1cc(N2CCC(C(N)=O)C2)ccc1N. The Balaban J connectivity index is 2.17. The smallest absolute Gasteiger partial charge is 0.222 e. The molecule has 0 saturated carbocycles. The van der Waals surface area contributed by atoms with E-state index in [2.05, 4.69) is 11.0 Å². The van der Waals surface area contributed by atoms with E-state index in [0.717, 1.165) is 24.2 Å². The van der Waals surface area contributed by atoms with Gasteiger partial charge in [-0.15, -0.1) is 0 Å². The van der Waals surface area contributed by atoms with Crippen LogP contribution >= 0.6 is 0 Å². The lowest BCUT2D eigenvalue weighted by molar-refractivity contribution is -0.121. The molecule has 1 saturated heterocycles. The Morgan fingerprint density at radius 3 is 2.94 bits per heavy atom. The number of hydrogen-bond donors (Lipinski definition) is 2. The van der Waals surface area contributed by atoms with Gasteiger partial charge in [0.15, 0.2) is 0 Å². The molecular formula is C13H16N4O. The van der Waals surface area contributed by atoms with Crippen LogP contribution < -0.4 is 16.4 Å². The third-order valence-electron chi connectivity index (χ3n) is 3.35. The van der Waals surface area contributed by atoms with Gasteiger partial charge in [0, 0.05) is 24.5 Å². The first kappa shape index (κ1) is 12.2. The predicted octanol–water partition coefficient (Wildman–Crippen LogP) is 0.646. The monoisotopic (exact) mass is 244 g/mol. The second-order valence-electron chi connectivity index (χ2n) is 4.55. The van der Waals surface area contributed by atoms with Gasteiger partial charge in [-0.05, 0) is 30.2 Å². The standard InChI is InChI=1S/C13H16N4O/c14-5-3-9-7-11(1-2-12(9)15)17-6-4-10(8-17)13(16)18/h1-2,7,10H,3-4,6,8,15H2,(H2,16,18). The molecule has 0 spiro atoms. The van der Waals surface area contributed by atoms with Crippen molar-refractivity contribution in [1.29, 1.82) is 5.26 Å². The van der Waals surface area contributed by atoms with Gasteiger partial charge in [-0.2, -0.15) is 5.26 Å². The molecule has 2 rings (SSSR count). The van der Waals surface area contributed by atoms with Crippen molar-refractivity contribution in [2.45, 2.75) is 12.8 Å². The van der Waals surface area contributed by atoms with Gasteiger partial charge in [0.25, 0.3) is 0 Å². The zero-order chi connectivity index (χ0) is 13.1. The Labute approximate surface area is 106 Å². The van der Waals surface area contributed by atoms with Gasteiger partial charge in [0.05, 0.1) is 18.4 Å². The molecule has 0 bridgehead atoms. The maximum Gasteiger partial charge on any atom is 0.222 e. The number of amides is 1. The number of carbonyl (C=O) groups excluding carboxylic acids is 1. The van der Waals surface area contributed by atoms with Crippen molar-refractivity contribution < 1.29 is 4.79 Å². The molecule has 1 aromatic rings. The molecule has 1 aromatic carbocycles. The quantitative estimate of drug-likeness (QED) is 0.763. The number of nitriles is 1. The molecule has 1 atom stereocenters.